The zero-order valence-corrected chi connectivity index (χ0v) is 25.2. The number of nitrogens with zero attached hydrogens (tertiary/aromatic N) is 2. The molecule has 0 saturated carbocycles. The van der Waals surface area contributed by atoms with E-state index < -0.39 is 53.2 Å². The molecule has 2 N–H and O–H groups in total. The number of carbonyl (C=O) groups is 2. The van der Waals surface area contributed by atoms with E-state index in [1.807, 2.05) is 11.4 Å². The lowest BCUT2D eigenvalue weighted by Crippen LogP contribution is -2.58. The first-order valence-electron chi connectivity index (χ1n) is 13.7. The highest BCUT2D eigenvalue weighted by atomic mass is 35.5. The number of pyridine rings is 1. The highest BCUT2D eigenvalue weighted by Crippen LogP contribution is 2.45. The first kappa shape index (κ1) is 33.0. The summed E-state index contributed by atoms with van der Waals surface area (Å²) in [4.78, 5) is 30.8. The molecule has 1 fully saturated rings. The van der Waals surface area contributed by atoms with E-state index in [0.29, 0.717) is 6.42 Å². The quantitative estimate of drug-likeness (QED) is 0.269. The fourth-order valence-electron chi connectivity index (χ4n) is 4.66. The number of ether oxygens (including phenoxy) is 2. The van der Waals surface area contributed by atoms with Crippen LogP contribution in [0.25, 0.3) is 11.3 Å². The number of alkyl halides is 3. The second-order valence-electron chi connectivity index (χ2n) is 11.7. The lowest BCUT2D eigenvalue weighted by Gasteiger charge is -2.50. The molecule has 1 aromatic heterocycles. The van der Waals surface area contributed by atoms with E-state index in [4.69, 9.17) is 21.1 Å². The van der Waals surface area contributed by atoms with Gasteiger partial charge in [-0.1, -0.05) is 41.9 Å². The molecule has 2 heterocycles. The van der Waals surface area contributed by atoms with Crippen molar-refractivity contribution in [2.75, 3.05) is 13.1 Å². The molecule has 0 spiro atoms. The van der Waals surface area contributed by atoms with Crippen molar-refractivity contribution in [2.24, 2.45) is 0 Å². The number of likely N-dealkylation sites (tertiary alicyclic amines) is 1. The Hall–Kier alpha value is -3.90. The van der Waals surface area contributed by atoms with Gasteiger partial charge in [0.2, 0.25) is 5.60 Å². The van der Waals surface area contributed by atoms with E-state index in [9.17, 15) is 32.3 Å². The Kier molecular flexibility index (Phi) is 9.18. The maximum atomic E-state index is 14.6. The van der Waals surface area contributed by atoms with Crippen LogP contribution in [0.3, 0.4) is 0 Å². The van der Waals surface area contributed by atoms with Gasteiger partial charge in [-0.3, -0.25) is 4.90 Å². The average Bonchev–Trinajstić information content (AvgIpc) is 2.94. The van der Waals surface area contributed by atoms with Crippen LogP contribution < -0.4 is 5.32 Å². The molecule has 1 unspecified atom stereocenters. The minimum absolute atomic E-state index is 0.0165. The van der Waals surface area contributed by atoms with Crippen LogP contribution in [0.1, 0.15) is 50.9 Å². The smallest absolute Gasteiger partial charge is 0.424 e. The first-order valence-corrected chi connectivity index (χ1v) is 14.0. The van der Waals surface area contributed by atoms with Gasteiger partial charge in [-0.15, -0.1) is 0 Å². The number of halogens is 5. The van der Waals surface area contributed by atoms with Crippen LogP contribution in [-0.4, -0.2) is 52.0 Å². The number of benzene rings is 2. The second kappa shape index (κ2) is 12.2. The van der Waals surface area contributed by atoms with Gasteiger partial charge in [0.15, 0.2) is 0 Å². The minimum Gasteiger partial charge on any atom is -0.445 e. The molecule has 1 aliphatic heterocycles. The highest BCUT2D eigenvalue weighted by Gasteiger charge is 2.57. The third-order valence-electron chi connectivity index (χ3n) is 7.29. The molecule has 1 saturated heterocycles. The summed E-state index contributed by atoms with van der Waals surface area (Å²) in [6, 6.07) is 14.9. The van der Waals surface area contributed by atoms with Crippen molar-refractivity contribution >= 4 is 23.8 Å². The van der Waals surface area contributed by atoms with Crippen molar-refractivity contribution in [3.05, 3.63) is 88.3 Å². The Labute approximate surface area is 256 Å². The molecule has 0 bridgehead atoms. The second-order valence-corrected chi connectivity index (χ2v) is 12.1. The van der Waals surface area contributed by atoms with Crippen LogP contribution in [-0.2, 0) is 27.2 Å². The summed E-state index contributed by atoms with van der Waals surface area (Å²) in [7, 11) is 0. The van der Waals surface area contributed by atoms with E-state index in [1.165, 1.54) is 43.9 Å². The van der Waals surface area contributed by atoms with Crippen molar-refractivity contribution in [3.63, 3.8) is 0 Å². The predicted molar refractivity (Wildman–Crippen MR) is 154 cm³/mol. The Bertz CT molecular complexity index is 1530. The summed E-state index contributed by atoms with van der Waals surface area (Å²) >= 11 is 5.96. The average molecular weight is 638 g/mol. The van der Waals surface area contributed by atoms with E-state index >= 15 is 0 Å². The van der Waals surface area contributed by atoms with E-state index in [1.54, 1.807) is 31.2 Å². The van der Waals surface area contributed by atoms with Crippen LogP contribution in [0.5, 0.6) is 0 Å². The van der Waals surface area contributed by atoms with Crippen molar-refractivity contribution < 1.29 is 41.7 Å². The van der Waals surface area contributed by atoms with Gasteiger partial charge in [-0.05, 0) is 75.6 Å². The van der Waals surface area contributed by atoms with Crippen LogP contribution in [0, 0.1) is 5.82 Å². The Balaban J connectivity index is 1.76. The topological polar surface area (TPSA) is 101 Å². The fraction of sp³-hybridized carbons (Fsp3) is 0.387. The summed E-state index contributed by atoms with van der Waals surface area (Å²) < 4.78 is 68.2. The molecular weight excluding hydrogens is 606 g/mol. The number of nitrogens with one attached hydrogen (secondary N) is 1. The Morgan fingerprint density at radius 1 is 1.09 bits per heavy atom. The maximum Gasteiger partial charge on any atom is 0.424 e. The third-order valence-corrected chi connectivity index (χ3v) is 7.58. The highest BCUT2D eigenvalue weighted by molar-refractivity contribution is 6.31. The summed E-state index contributed by atoms with van der Waals surface area (Å²) in [6.07, 6.45) is -6.84. The molecule has 2 atom stereocenters. The number of hydrogen-bond donors (Lipinski definition) is 2. The molecular formula is C31H32ClF4N3O5. The van der Waals surface area contributed by atoms with Crippen LogP contribution in [0.2, 0.25) is 5.02 Å². The molecule has 1 aliphatic rings. The number of rotatable bonds is 7. The van der Waals surface area contributed by atoms with Gasteiger partial charge in [-0.25, -0.2) is 19.0 Å². The largest absolute Gasteiger partial charge is 0.445 e. The Morgan fingerprint density at radius 3 is 2.34 bits per heavy atom. The van der Waals surface area contributed by atoms with Gasteiger partial charge in [0, 0.05) is 12.1 Å². The van der Waals surface area contributed by atoms with Gasteiger partial charge in [0.25, 0.3) is 0 Å². The normalized spacial score (nSPS) is 18.2. The van der Waals surface area contributed by atoms with E-state index in [2.05, 4.69) is 4.98 Å². The predicted octanol–water partition coefficient (Wildman–Crippen LogP) is 7.07. The molecule has 0 radical (unpaired) electrons. The molecule has 3 aromatic rings. The number of alkyl carbamates (subject to hydrolysis) is 1. The SMILES string of the molecule is CC(C)(C)OC(=O)NCC(O)(c1cc([C@@]2(C)CCN2C(=O)OCc2ccccc2)cc(-c2ccc(F)c(Cl)c2)n1)C(F)(F)F. The molecule has 2 amide bonds. The molecule has 13 heteroatoms. The lowest BCUT2D eigenvalue weighted by molar-refractivity contribution is -0.265. The molecule has 2 aromatic carbocycles. The van der Waals surface area contributed by atoms with Gasteiger partial charge in [0.1, 0.15) is 18.0 Å². The monoisotopic (exact) mass is 637 g/mol. The van der Waals surface area contributed by atoms with E-state index in [0.717, 1.165) is 17.7 Å². The van der Waals surface area contributed by atoms with Gasteiger partial charge in [0.05, 0.1) is 28.5 Å². The number of aromatic nitrogens is 1. The van der Waals surface area contributed by atoms with Crippen molar-refractivity contribution in [1.29, 1.82) is 0 Å². The molecule has 44 heavy (non-hydrogen) atoms. The summed E-state index contributed by atoms with van der Waals surface area (Å²) in [5, 5.41) is 12.8. The third kappa shape index (κ3) is 7.07. The lowest BCUT2D eigenvalue weighted by atomic mass is 9.79. The first-order chi connectivity index (χ1) is 20.4. The van der Waals surface area contributed by atoms with Crippen molar-refractivity contribution in [3.8, 4) is 11.3 Å². The molecule has 4 rings (SSSR count). The number of aliphatic hydroxyl groups is 1. The van der Waals surface area contributed by atoms with Crippen LogP contribution in [0.4, 0.5) is 27.2 Å². The maximum absolute atomic E-state index is 14.6. The van der Waals surface area contributed by atoms with Crippen LogP contribution >= 0.6 is 11.6 Å². The van der Waals surface area contributed by atoms with Gasteiger partial charge in [-0.2, -0.15) is 13.2 Å². The number of hydrogen-bond acceptors (Lipinski definition) is 6. The fourth-order valence-corrected chi connectivity index (χ4v) is 4.84. The molecule has 236 valence electrons. The van der Waals surface area contributed by atoms with Crippen molar-refractivity contribution in [2.45, 2.75) is 63.6 Å². The zero-order valence-electron chi connectivity index (χ0n) is 24.5. The summed E-state index contributed by atoms with van der Waals surface area (Å²) in [5.41, 5.74) is -5.69. The standard InChI is InChI=1S/C31H32ClF4N3O5/c1-28(2,3)44-26(40)37-18-30(42,31(34,35)36)25-16-21(15-24(38-25)20-10-11-23(33)22(32)14-20)29(4)12-13-39(29)27(41)43-17-19-8-6-5-7-9-19/h5-11,14-16,42H,12-13,17-18H2,1-4H3,(H,37,40)/t29-,30?/m1/s1. The molecule has 8 nitrogen and oxygen atoms in total. The number of carbonyl (C=O) groups excluding carboxylic acids is 2. The summed E-state index contributed by atoms with van der Waals surface area (Å²) in [6.45, 7) is 5.15. The summed E-state index contributed by atoms with van der Waals surface area (Å²) in [5.74, 6) is -0.751. The van der Waals surface area contributed by atoms with Gasteiger partial charge < -0.3 is 19.9 Å². The molecule has 0 aliphatic carbocycles. The zero-order chi connectivity index (χ0) is 32.5. The minimum atomic E-state index is -5.32. The van der Waals surface area contributed by atoms with Crippen LogP contribution in [0.15, 0.2) is 60.7 Å². The van der Waals surface area contributed by atoms with Gasteiger partial charge >= 0.3 is 18.4 Å². The Morgan fingerprint density at radius 2 is 1.77 bits per heavy atom. The van der Waals surface area contributed by atoms with Crippen molar-refractivity contribution in [1.82, 2.24) is 15.2 Å². The van der Waals surface area contributed by atoms with E-state index in [-0.39, 0.29) is 35.0 Å². The number of amides is 2.